The lowest BCUT2D eigenvalue weighted by Crippen LogP contribution is -2.40. The Balaban J connectivity index is 3.23. The van der Waals surface area contributed by atoms with Crippen molar-refractivity contribution in [1.29, 1.82) is 0 Å². The molecule has 0 aromatic heterocycles. The molecule has 21 heavy (non-hydrogen) atoms. The van der Waals surface area contributed by atoms with Gasteiger partial charge in [0.05, 0.1) is 6.04 Å². The molecule has 0 bridgehead atoms. The molecule has 0 aromatic rings. The van der Waals surface area contributed by atoms with Crippen LogP contribution in [0.2, 0.25) is 0 Å². The summed E-state index contributed by atoms with van der Waals surface area (Å²) in [6.07, 6.45) is 16.2. The van der Waals surface area contributed by atoms with Crippen LogP contribution in [0.4, 0.5) is 0 Å². The van der Waals surface area contributed by atoms with Crippen LogP contribution in [0.15, 0.2) is 0 Å². The average Bonchev–Trinajstić information content (AvgIpc) is 2.49. The molecule has 1 amide bonds. The van der Waals surface area contributed by atoms with Crippen LogP contribution in [0, 0.1) is 0 Å². The Morgan fingerprint density at radius 3 is 1.81 bits per heavy atom. The Morgan fingerprint density at radius 2 is 1.29 bits per heavy atom. The van der Waals surface area contributed by atoms with Crippen LogP contribution < -0.4 is 11.1 Å². The first-order chi connectivity index (χ1) is 10.2. The summed E-state index contributed by atoms with van der Waals surface area (Å²) < 4.78 is 0. The summed E-state index contributed by atoms with van der Waals surface area (Å²) in [7, 11) is 0. The number of carbonyl (C=O) groups is 1. The fraction of sp³-hybridized carbons (Fsp3) is 0.944. The Kier molecular flexibility index (Phi) is 15.4. The maximum atomic E-state index is 11.7. The smallest absolute Gasteiger partial charge is 0.236 e. The van der Waals surface area contributed by atoms with Crippen molar-refractivity contribution in [2.75, 3.05) is 6.54 Å². The summed E-state index contributed by atoms with van der Waals surface area (Å²) in [6, 6.07) is -0.312. The zero-order valence-electron chi connectivity index (χ0n) is 14.5. The number of unbranched alkanes of at least 4 members (excludes halogenated alkanes) is 10. The minimum absolute atomic E-state index is 0.0272. The van der Waals surface area contributed by atoms with Gasteiger partial charge in [0, 0.05) is 6.54 Å². The molecular formula is C18H38N2O. The van der Waals surface area contributed by atoms with E-state index >= 15 is 0 Å². The van der Waals surface area contributed by atoms with Crippen molar-refractivity contribution in [3.63, 3.8) is 0 Å². The monoisotopic (exact) mass is 298 g/mol. The van der Waals surface area contributed by atoms with Crippen LogP contribution in [-0.2, 0) is 4.79 Å². The minimum atomic E-state index is -0.312. The van der Waals surface area contributed by atoms with Crippen molar-refractivity contribution in [1.82, 2.24) is 5.32 Å². The molecule has 0 aromatic carbocycles. The van der Waals surface area contributed by atoms with Crippen LogP contribution in [0.25, 0.3) is 0 Å². The Morgan fingerprint density at radius 1 is 0.810 bits per heavy atom. The lowest BCUT2D eigenvalue weighted by atomic mass is 10.1. The molecule has 0 aliphatic carbocycles. The number of nitrogens with one attached hydrogen (secondary N) is 1. The number of amides is 1. The van der Waals surface area contributed by atoms with Gasteiger partial charge < -0.3 is 11.1 Å². The molecule has 0 aliphatic rings. The third kappa shape index (κ3) is 14.1. The molecule has 0 rings (SSSR count). The molecule has 126 valence electrons. The summed E-state index contributed by atoms with van der Waals surface area (Å²) in [4.78, 5) is 11.7. The van der Waals surface area contributed by atoms with Crippen molar-refractivity contribution in [3.05, 3.63) is 0 Å². The van der Waals surface area contributed by atoms with Gasteiger partial charge in [-0.25, -0.2) is 0 Å². The van der Waals surface area contributed by atoms with Crippen molar-refractivity contribution < 1.29 is 4.79 Å². The highest BCUT2D eigenvalue weighted by molar-refractivity contribution is 5.81. The third-order valence-electron chi connectivity index (χ3n) is 4.04. The second-order valence-electron chi connectivity index (χ2n) is 6.22. The fourth-order valence-electron chi connectivity index (χ4n) is 2.51. The normalized spacial score (nSPS) is 12.3. The van der Waals surface area contributed by atoms with Crippen LogP contribution in [0.3, 0.4) is 0 Å². The van der Waals surface area contributed by atoms with Crippen molar-refractivity contribution >= 4 is 5.91 Å². The quantitative estimate of drug-likeness (QED) is 0.436. The Bertz CT molecular complexity index is 231. The van der Waals surface area contributed by atoms with Gasteiger partial charge in [0.25, 0.3) is 0 Å². The molecule has 3 N–H and O–H groups in total. The van der Waals surface area contributed by atoms with Gasteiger partial charge in [-0.3, -0.25) is 4.79 Å². The molecular weight excluding hydrogens is 260 g/mol. The number of carbonyl (C=O) groups excluding carboxylic acids is 1. The van der Waals surface area contributed by atoms with Gasteiger partial charge in [-0.05, 0) is 12.8 Å². The van der Waals surface area contributed by atoms with Crippen molar-refractivity contribution in [2.24, 2.45) is 5.73 Å². The van der Waals surface area contributed by atoms with E-state index in [0.717, 1.165) is 32.2 Å². The standard InChI is InChI=1S/C18H38N2O/c1-3-5-7-8-9-10-11-12-13-14-16-20-18(21)17(19)15-6-4-2/h17H,3-16,19H2,1-2H3,(H,20,21)/t17-/m0/s1. The highest BCUT2D eigenvalue weighted by Crippen LogP contribution is 2.10. The number of hydrogen-bond donors (Lipinski definition) is 2. The van der Waals surface area contributed by atoms with E-state index in [-0.39, 0.29) is 11.9 Å². The molecule has 0 radical (unpaired) electrons. The molecule has 1 atom stereocenters. The second kappa shape index (κ2) is 15.8. The number of hydrogen-bond acceptors (Lipinski definition) is 2. The van der Waals surface area contributed by atoms with Crippen LogP contribution in [0.5, 0.6) is 0 Å². The molecule has 0 spiro atoms. The van der Waals surface area contributed by atoms with Crippen molar-refractivity contribution in [2.45, 2.75) is 103 Å². The summed E-state index contributed by atoms with van der Waals surface area (Å²) in [5, 5.41) is 2.95. The zero-order chi connectivity index (χ0) is 15.8. The average molecular weight is 299 g/mol. The van der Waals surface area contributed by atoms with Crippen LogP contribution >= 0.6 is 0 Å². The summed E-state index contributed by atoms with van der Waals surface area (Å²) >= 11 is 0. The maximum Gasteiger partial charge on any atom is 0.236 e. The summed E-state index contributed by atoms with van der Waals surface area (Å²) in [5.74, 6) is 0.0272. The predicted octanol–water partition coefficient (Wildman–Crippen LogP) is 4.54. The molecule has 3 nitrogen and oxygen atoms in total. The molecule has 0 saturated heterocycles. The third-order valence-corrected chi connectivity index (χ3v) is 4.04. The number of nitrogens with two attached hydrogens (primary N) is 1. The lowest BCUT2D eigenvalue weighted by molar-refractivity contribution is -0.122. The van der Waals surface area contributed by atoms with E-state index < -0.39 is 0 Å². The van der Waals surface area contributed by atoms with E-state index in [9.17, 15) is 4.79 Å². The van der Waals surface area contributed by atoms with Crippen molar-refractivity contribution in [3.8, 4) is 0 Å². The Labute approximate surface area is 132 Å². The largest absolute Gasteiger partial charge is 0.355 e. The van der Waals surface area contributed by atoms with E-state index in [2.05, 4.69) is 19.2 Å². The maximum absolute atomic E-state index is 11.7. The Hall–Kier alpha value is -0.570. The molecule has 0 heterocycles. The SMILES string of the molecule is CCCCCCCCCCCCNC(=O)[C@@H](N)CCCC. The molecule has 0 unspecified atom stereocenters. The van der Waals surface area contributed by atoms with Gasteiger partial charge in [0.1, 0.15) is 0 Å². The van der Waals surface area contributed by atoms with Gasteiger partial charge in [-0.2, -0.15) is 0 Å². The summed E-state index contributed by atoms with van der Waals surface area (Å²) in [6.45, 7) is 5.17. The molecule has 0 saturated carbocycles. The van der Waals surface area contributed by atoms with Gasteiger partial charge >= 0.3 is 0 Å². The molecule has 0 fully saturated rings. The number of rotatable bonds is 15. The summed E-state index contributed by atoms with van der Waals surface area (Å²) in [5.41, 5.74) is 5.82. The first-order valence-corrected chi connectivity index (χ1v) is 9.25. The highest BCUT2D eigenvalue weighted by atomic mass is 16.2. The lowest BCUT2D eigenvalue weighted by Gasteiger charge is -2.11. The van der Waals surface area contributed by atoms with E-state index in [4.69, 9.17) is 5.73 Å². The van der Waals surface area contributed by atoms with Gasteiger partial charge in [0.15, 0.2) is 0 Å². The predicted molar refractivity (Wildman–Crippen MR) is 92.4 cm³/mol. The van der Waals surface area contributed by atoms with Gasteiger partial charge in [0.2, 0.25) is 5.91 Å². The van der Waals surface area contributed by atoms with Gasteiger partial charge in [-0.1, -0.05) is 84.5 Å². The van der Waals surface area contributed by atoms with E-state index in [0.29, 0.717) is 0 Å². The highest BCUT2D eigenvalue weighted by Gasteiger charge is 2.11. The fourth-order valence-corrected chi connectivity index (χ4v) is 2.51. The molecule has 3 heteroatoms. The van der Waals surface area contributed by atoms with E-state index in [1.807, 2.05) is 0 Å². The molecule has 0 aliphatic heterocycles. The van der Waals surface area contributed by atoms with Crippen LogP contribution in [0.1, 0.15) is 97.3 Å². The first kappa shape index (κ1) is 20.4. The van der Waals surface area contributed by atoms with Crippen LogP contribution in [-0.4, -0.2) is 18.5 Å². The first-order valence-electron chi connectivity index (χ1n) is 9.25. The zero-order valence-corrected chi connectivity index (χ0v) is 14.5. The second-order valence-corrected chi connectivity index (χ2v) is 6.22. The van der Waals surface area contributed by atoms with E-state index in [1.165, 1.54) is 57.8 Å². The van der Waals surface area contributed by atoms with E-state index in [1.54, 1.807) is 0 Å². The topological polar surface area (TPSA) is 55.1 Å². The van der Waals surface area contributed by atoms with Gasteiger partial charge in [-0.15, -0.1) is 0 Å². The minimum Gasteiger partial charge on any atom is -0.355 e.